The number of carbonyl (C=O) groups excluding carboxylic acids is 1. The number of nitrogens with two attached hydrogens (primary N) is 1. The first-order chi connectivity index (χ1) is 11.6. The number of aromatic nitrogens is 2. The molecule has 6 nitrogen and oxygen atoms in total. The van der Waals surface area contributed by atoms with Gasteiger partial charge in [0, 0.05) is 23.4 Å². The number of hydrogen-bond acceptors (Lipinski definition) is 6. The molecule has 3 rings (SSSR count). The minimum Gasteiger partial charge on any atom is -0.497 e. The number of nitrogens with zero attached hydrogens (tertiary/aromatic N) is 2. The monoisotopic (exact) mass is 342 g/mol. The van der Waals surface area contributed by atoms with Gasteiger partial charge in [0.15, 0.2) is 0 Å². The third-order valence-electron chi connectivity index (χ3n) is 3.66. The van der Waals surface area contributed by atoms with Gasteiger partial charge in [-0.05, 0) is 24.6 Å². The van der Waals surface area contributed by atoms with Crippen LogP contribution in [0.25, 0.3) is 21.3 Å². The lowest BCUT2D eigenvalue weighted by atomic mass is 10.1. The normalized spacial score (nSPS) is 12.1. The third kappa shape index (κ3) is 3.30. The van der Waals surface area contributed by atoms with Crippen LogP contribution in [0.3, 0.4) is 0 Å². The molecule has 0 saturated heterocycles. The molecule has 1 amide bonds. The number of rotatable bonds is 6. The van der Waals surface area contributed by atoms with E-state index in [0.29, 0.717) is 5.82 Å². The zero-order chi connectivity index (χ0) is 17.1. The lowest BCUT2D eigenvalue weighted by Crippen LogP contribution is -2.24. The van der Waals surface area contributed by atoms with E-state index in [0.717, 1.165) is 27.1 Å². The smallest absolute Gasteiger partial charge is 0.219 e. The summed E-state index contributed by atoms with van der Waals surface area (Å²) in [5.74, 6) is 1.17. The summed E-state index contributed by atoms with van der Waals surface area (Å²) in [6.07, 6.45) is 1.77. The molecule has 24 heavy (non-hydrogen) atoms. The van der Waals surface area contributed by atoms with Crippen LogP contribution in [0.4, 0.5) is 5.82 Å². The van der Waals surface area contributed by atoms with Crippen LogP contribution >= 0.6 is 11.3 Å². The maximum atomic E-state index is 11.1. The molecule has 0 spiro atoms. The lowest BCUT2D eigenvalue weighted by Gasteiger charge is -2.14. The van der Waals surface area contributed by atoms with E-state index in [1.54, 1.807) is 18.4 Å². The Bertz CT molecular complexity index is 861. The number of amides is 1. The van der Waals surface area contributed by atoms with Gasteiger partial charge in [-0.1, -0.05) is 12.1 Å². The molecule has 0 fully saturated rings. The van der Waals surface area contributed by atoms with Crippen LogP contribution in [-0.2, 0) is 4.79 Å². The standard InChI is InChI=1S/C17H18N4O2S/c1-10(7-14(18)22)21-16-15-13(8-24-17(15)20-9-19-16)11-3-5-12(23-2)6-4-11/h3-6,8-10H,7H2,1-2H3,(H2,18,22)(H,19,20,21). The van der Waals surface area contributed by atoms with Crippen molar-refractivity contribution in [2.24, 2.45) is 5.73 Å². The Morgan fingerprint density at radius 3 is 2.75 bits per heavy atom. The molecule has 0 aliphatic rings. The number of anilines is 1. The summed E-state index contributed by atoms with van der Waals surface area (Å²) in [4.78, 5) is 20.7. The predicted octanol–water partition coefficient (Wildman–Crippen LogP) is 3.04. The van der Waals surface area contributed by atoms with Crippen LogP contribution in [0.15, 0.2) is 36.0 Å². The first kappa shape index (κ1) is 16.2. The Morgan fingerprint density at radius 2 is 2.08 bits per heavy atom. The summed E-state index contributed by atoms with van der Waals surface area (Å²) >= 11 is 1.56. The third-order valence-corrected chi connectivity index (χ3v) is 4.55. The van der Waals surface area contributed by atoms with E-state index in [2.05, 4.69) is 20.7 Å². The molecular formula is C17H18N4O2S. The summed E-state index contributed by atoms with van der Waals surface area (Å²) in [6.45, 7) is 1.90. The molecule has 2 aromatic heterocycles. The second kappa shape index (κ2) is 6.84. The summed E-state index contributed by atoms with van der Waals surface area (Å²) in [6, 6.07) is 7.74. The number of carbonyl (C=O) groups is 1. The number of primary amides is 1. The van der Waals surface area contributed by atoms with Crippen molar-refractivity contribution in [2.45, 2.75) is 19.4 Å². The summed E-state index contributed by atoms with van der Waals surface area (Å²) in [5.41, 5.74) is 7.37. The fraction of sp³-hybridized carbons (Fsp3) is 0.235. The van der Waals surface area contributed by atoms with Crippen molar-refractivity contribution in [3.8, 4) is 16.9 Å². The molecule has 3 N–H and O–H groups in total. The molecule has 0 aliphatic carbocycles. The van der Waals surface area contributed by atoms with E-state index in [-0.39, 0.29) is 18.4 Å². The van der Waals surface area contributed by atoms with Gasteiger partial charge < -0.3 is 15.8 Å². The maximum Gasteiger partial charge on any atom is 0.219 e. The number of hydrogen-bond donors (Lipinski definition) is 2. The first-order valence-corrected chi connectivity index (χ1v) is 8.38. The van der Waals surface area contributed by atoms with Crippen molar-refractivity contribution in [1.82, 2.24) is 9.97 Å². The predicted molar refractivity (Wildman–Crippen MR) is 96.3 cm³/mol. The number of ether oxygens (including phenoxy) is 1. The molecule has 7 heteroatoms. The van der Waals surface area contributed by atoms with Gasteiger partial charge in [0.1, 0.15) is 22.7 Å². The van der Waals surface area contributed by atoms with Crippen molar-refractivity contribution in [1.29, 1.82) is 0 Å². The van der Waals surface area contributed by atoms with E-state index >= 15 is 0 Å². The number of thiophene rings is 1. The van der Waals surface area contributed by atoms with Crippen LogP contribution in [-0.4, -0.2) is 29.0 Å². The molecule has 3 aromatic rings. The molecule has 1 aromatic carbocycles. The molecule has 0 radical (unpaired) electrons. The number of benzene rings is 1. The van der Waals surface area contributed by atoms with Crippen LogP contribution < -0.4 is 15.8 Å². The van der Waals surface area contributed by atoms with E-state index in [1.165, 1.54) is 6.33 Å². The maximum absolute atomic E-state index is 11.1. The molecular weight excluding hydrogens is 324 g/mol. The van der Waals surface area contributed by atoms with Crippen LogP contribution in [0.2, 0.25) is 0 Å². The van der Waals surface area contributed by atoms with Crippen molar-refractivity contribution in [3.05, 3.63) is 36.0 Å². The van der Waals surface area contributed by atoms with Gasteiger partial charge in [0.05, 0.1) is 12.5 Å². The highest BCUT2D eigenvalue weighted by Crippen LogP contribution is 2.37. The average Bonchev–Trinajstić information content (AvgIpc) is 2.99. The highest BCUT2D eigenvalue weighted by atomic mass is 32.1. The summed E-state index contributed by atoms with van der Waals surface area (Å²) in [7, 11) is 1.64. The average molecular weight is 342 g/mol. The molecule has 2 heterocycles. The zero-order valence-electron chi connectivity index (χ0n) is 13.4. The molecule has 1 unspecified atom stereocenters. The molecule has 0 bridgehead atoms. The largest absolute Gasteiger partial charge is 0.497 e. The van der Waals surface area contributed by atoms with E-state index in [4.69, 9.17) is 10.5 Å². The van der Waals surface area contributed by atoms with Gasteiger partial charge in [-0.2, -0.15) is 0 Å². The number of methoxy groups -OCH3 is 1. The molecule has 0 saturated carbocycles. The Labute approximate surface area is 143 Å². The van der Waals surface area contributed by atoms with Gasteiger partial charge >= 0.3 is 0 Å². The second-order valence-corrected chi connectivity index (χ2v) is 6.35. The number of nitrogens with one attached hydrogen (secondary N) is 1. The fourth-order valence-corrected chi connectivity index (χ4v) is 3.47. The summed E-state index contributed by atoms with van der Waals surface area (Å²) < 4.78 is 5.21. The van der Waals surface area contributed by atoms with E-state index in [1.807, 2.05) is 31.2 Å². The molecule has 0 aliphatic heterocycles. The Morgan fingerprint density at radius 1 is 1.33 bits per heavy atom. The van der Waals surface area contributed by atoms with Crippen molar-refractivity contribution in [3.63, 3.8) is 0 Å². The van der Waals surface area contributed by atoms with Gasteiger partial charge in [0.25, 0.3) is 0 Å². The minimum atomic E-state index is -0.346. The lowest BCUT2D eigenvalue weighted by molar-refractivity contribution is -0.118. The zero-order valence-corrected chi connectivity index (χ0v) is 14.3. The number of fused-ring (bicyclic) bond motifs is 1. The van der Waals surface area contributed by atoms with Crippen molar-refractivity contribution >= 4 is 33.3 Å². The van der Waals surface area contributed by atoms with Crippen LogP contribution in [0, 0.1) is 0 Å². The SMILES string of the molecule is COc1ccc(-c2csc3ncnc(NC(C)CC(N)=O)c23)cc1. The van der Waals surface area contributed by atoms with Gasteiger partial charge in [0.2, 0.25) is 5.91 Å². The van der Waals surface area contributed by atoms with Gasteiger partial charge in [-0.25, -0.2) is 9.97 Å². The van der Waals surface area contributed by atoms with E-state index in [9.17, 15) is 4.79 Å². The second-order valence-electron chi connectivity index (χ2n) is 5.50. The topological polar surface area (TPSA) is 90.1 Å². The first-order valence-electron chi connectivity index (χ1n) is 7.50. The molecule has 1 atom stereocenters. The van der Waals surface area contributed by atoms with E-state index < -0.39 is 0 Å². The molecule has 124 valence electrons. The quantitative estimate of drug-likeness (QED) is 0.718. The van der Waals surface area contributed by atoms with Crippen LogP contribution in [0.1, 0.15) is 13.3 Å². The van der Waals surface area contributed by atoms with Crippen molar-refractivity contribution < 1.29 is 9.53 Å². The Kier molecular flexibility index (Phi) is 4.61. The Hall–Kier alpha value is -2.67. The summed E-state index contributed by atoms with van der Waals surface area (Å²) in [5, 5.41) is 6.27. The highest BCUT2D eigenvalue weighted by molar-refractivity contribution is 7.17. The van der Waals surface area contributed by atoms with Crippen molar-refractivity contribution in [2.75, 3.05) is 12.4 Å². The van der Waals surface area contributed by atoms with Gasteiger partial charge in [-0.3, -0.25) is 4.79 Å². The highest BCUT2D eigenvalue weighted by Gasteiger charge is 2.15. The Balaban J connectivity index is 2.01. The fourth-order valence-electron chi connectivity index (χ4n) is 2.55. The van der Waals surface area contributed by atoms with Crippen LogP contribution in [0.5, 0.6) is 5.75 Å². The minimum absolute atomic E-state index is 0.107. The van der Waals surface area contributed by atoms with Gasteiger partial charge in [-0.15, -0.1) is 11.3 Å².